The number of hydrogen-bond acceptors (Lipinski definition) is 8. The van der Waals surface area contributed by atoms with Crippen LogP contribution in [0, 0.1) is 0 Å². The molecule has 1 heterocycles. The molecule has 0 aromatic heterocycles. The Labute approximate surface area is 192 Å². The van der Waals surface area contributed by atoms with E-state index >= 15 is 0 Å². The molecule has 3 rings (SSSR count). The summed E-state index contributed by atoms with van der Waals surface area (Å²) in [5.41, 5.74) is 0.404. The van der Waals surface area contributed by atoms with Gasteiger partial charge in [0.2, 0.25) is 15.8 Å². The zero-order chi connectivity index (χ0) is 24.0. The Morgan fingerprint density at radius 2 is 1.82 bits per heavy atom. The molecular formula is C22H26N2O8S. The minimum absolute atomic E-state index is 0.0596. The van der Waals surface area contributed by atoms with Gasteiger partial charge in [-0.15, -0.1) is 0 Å². The van der Waals surface area contributed by atoms with Gasteiger partial charge in [0, 0.05) is 18.8 Å². The summed E-state index contributed by atoms with van der Waals surface area (Å²) in [5, 5.41) is 2.54. The zero-order valence-electron chi connectivity index (χ0n) is 18.6. The van der Waals surface area contributed by atoms with Gasteiger partial charge in [0.1, 0.15) is 13.2 Å². The molecule has 0 fully saturated rings. The third kappa shape index (κ3) is 5.55. The lowest BCUT2D eigenvalue weighted by Gasteiger charge is -2.21. The molecule has 2 aromatic rings. The number of hydrogen-bond donors (Lipinski definition) is 1. The number of fused-ring (bicyclic) bond motifs is 1. The smallest absolute Gasteiger partial charge is 0.338 e. The monoisotopic (exact) mass is 478 g/mol. The van der Waals surface area contributed by atoms with E-state index in [0.717, 1.165) is 0 Å². The second kappa shape index (κ2) is 10.5. The SMILES string of the molecule is CCN(CC)S(=O)(=O)c1cccc(NC(=O)COC(=O)c2cc(OC)c3c(c2)OCCO3)c1. The van der Waals surface area contributed by atoms with Crippen LogP contribution < -0.4 is 19.5 Å². The topological polar surface area (TPSA) is 120 Å². The van der Waals surface area contributed by atoms with Crippen LogP contribution in [0.25, 0.3) is 0 Å². The number of esters is 1. The van der Waals surface area contributed by atoms with Crippen molar-refractivity contribution in [1.29, 1.82) is 0 Å². The first-order valence-electron chi connectivity index (χ1n) is 10.3. The minimum atomic E-state index is -3.67. The van der Waals surface area contributed by atoms with Crippen molar-refractivity contribution >= 4 is 27.6 Å². The van der Waals surface area contributed by atoms with Gasteiger partial charge in [0.25, 0.3) is 5.91 Å². The molecule has 0 aliphatic carbocycles. The Morgan fingerprint density at radius 3 is 2.52 bits per heavy atom. The van der Waals surface area contributed by atoms with E-state index in [9.17, 15) is 18.0 Å². The number of ether oxygens (including phenoxy) is 4. The van der Waals surface area contributed by atoms with Crippen molar-refractivity contribution < 1.29 is 37.0 Å². The fraction of sp³-hybridized carbons (Fsp3) is 0.364. The van der Waals surface area contributed by atoms with Gasteiger partial charge >= 0.3 is 5.97 Å². The lowest BCUT2D eigenvalue weighted by molar-refractivity contribution is -0.119. The number of carbonyl (C=O) groups excluding carboxylic acids is 2. The molecule has 33 heavy (non-hydrogen) atoms. The summed E-state index contributed by atoms with van der Waals surface area (Å²) in [6, 6.07) is 8.79. The number of carbonyl (C=O) groups is 2. The Morgan fingerprint density at radius 1 is 1.09 bits per heavy atom. The predicted molar refractivity (Wildman–Crippen MR) is 119 cm³/mol. The average Bonchev–Trinajstić information content (AvgIpc) is 2.82. The molecule has 0 atom stereocenters. The van der Waals surface area contributed by atoms with Crippen molar-refractivity contribution in [3.8, 4) is 17.2 Å². The number of anilines is 1. The molecule has 10 nitrogen and oxygen atoms in total. The van der Waals surface area contributed by atoms with E-state index in [1.807, 2.05) is 0 Å². The number of nitrogens with one attached hydrogen (secondary N) is 1. The van der Waals surface area contributed by atoms with E-state index < -0.39 is 28.5 Å². The number of rotatable bonds is 9. The van der Waals surface area contributed by atoms with Gasteiger partial charge in [-0.05, 0) is 30.3 Å². The van der Waals surface area contributed by atoms with E-state index in [1.165, 1.54) is 41.7 Å². The molecule has 0 radical (unpaired) electrons. The minimum Gasteiger partial charge on any atom is -0.493 e. The number of benzene rings is 2. The summed E-state index contributed by atoms with van der Waals surface area (Å²) in [7, 11) is -2.24. The zero-order valence-corrected chi connectivity index (χ0v) is 19.4. The molecule has 0 saturated carbocycles. The Bertz CT molecular complexity index is 1110. The molecule has 11 heteroatoms. The molecule has 1 aliphatic rings. The fourth-order valence-corrected chi connectivity index (χ4v) is 4.75. The number of amides is 1. The van der Waals surface area contributed by atoms with Crippen molar-refractivity contribution in [2.24, 2.45) is 0 Å². The lowest BCUT2D eigenvalue weighted by atomic mass is 10.1. The molecular weight excluding hydrogens is 452 g/mol. The first-order chi connectivity index (χ1) is 15.8. The molecule has 0 unspecified atom stereocenters. The van der Waals surface area contributed by atoms with Gasteiger partial charge < -0.3 is 24.3 Å². The summed E-state index contributed by atoms with van der Waals surface area (Å²) in [6.07, 6.45) is 0. The average molecular weight is 479 g/mol. The van der Waals surface area contributed by atoms with Gasteiger partial charge in [-0.3, -0.25) is 4.79 Å². The normalized spacial score (nSPS) is 12.8. The summed E-state index contributed by atoms with van der Waals surface area (Å²) in [6.45, 7) is 4.29. The highest BCUT2D eigenvalue weighted by Gasteiger charge is 2.23. The van der Waals surface area contributed by atoms with E-state index in [0.29, 0.717) is 43.6 Å². The number of nitrogens with zero attached hydrogens (tertiary/aromatic N) is 1. The van der Waals surface area contributed by atoms with Crippen LogP contribution in [0.15, 0.2) is 41.3 Å². The maximum Gasteiger partial charge on any atom is 0.338 e. The fourth-order valence-electron chi connectivity index (χ4n) is 3.25. The maximum atomic E-state index is 12.7. The summed E-state index contributed by atoms with van der Waals surface area (Å²) < 4.78 is 48.0. The van der Waals surface area contributed by atoms with Crippen molar-refractivity contribution in [3.05, 3.63) is 42.0 Å². The molecule has 2 aromatic carbocycles. The standard InChI is InChI=1S/C22H26N2O8S/c1-4-24(5-2)33(27,28)17-8-6-7-16(13-17)23-20(25)14-32-22(26)15-11-18(29-3)21-19(12-15)30-9-10-31-21/h6-8,11-13H,4-5,9-10,14H2,1-3H3,(H,23,25). The first kappa shape index (κ1) is 24.3. The van der Waals surface area contributed by atoms with Gasteiger partial charge in [-0.1, -0.05) is 19.9 Å². The third-order valence-electron chi connectivity index (χ3n) is 4.86. The highest BCUT2D eigenvalue weighted by molar-refractivity contribution is 7.89. The second-order valence-electron chi connectivity index (χ2n) is 6.94. The first-order valence-corrected chi connectivity index (χ1v) is 11.8. The Balaban J connectivity index is 1.65. The van der Waals surface area contributed by atoms with Crippen LogP contribution in [0.4, 0.5) is 5.69 Å². The van der Waals surface area contributed by atoms with Crippen LogP contribution >= 0.6 is 0 Å². The largest absolute Gasteiger partial charge is 0.493 e. The third-order valence-corrected chi connectivity index (χ3v) is 6.90. The van der Waals surface area contributed by atoms with Crippen LogP contribution in [-0.4, -0.2) is 64.6 Å². The Hall–Kier alpha value is -3.31. The molecule has 0 spiro atoms. The lowest BCUT2D eigenvalue weighted by Crippen LogP contribution is -2.30. The molecule has 0 bridgehead atoms. The van der Waals surface area contributed by atoms with Gasteiger partial charge in [0.05, 0.1) is 17.6 Å². The van der Waals surface area contributed by atoms with E-state index in [-0.39, 0.29) is 16.1 Å². The highest BCUT2D eigenvalue weighted by Crippen LogP contribution is 2.40. The molecule has 1 N–H and O–H groups in total. The predicted octanol–water partition coefficient (Wildman–Crippen LogP) is 2.29. The van der Waals surface area contributed by atoms with Crippen LogP contribution in [-0.2, 0) is 19.6 Å². The van der Waals surface area contributed by atoms with Crippen molar-refractivity contribution in [1.82, 2.24) is 4.31 Å². The van der Waals surface area contributed by atoms with Gasteiger partial charge in [0.15, 0.2) is 18.1 Å². The molecule has 178 valence electrons. The van der Waals surface area contributed by atoms with Gasteiger partial charge in [-0.2, -0.15) is 4.31 Å². The quantitative estimate of drug-likeness (QED) is 0.545. The van der Waals surface area contributed by atoms with Crippen molar-refractivity contribution in [3.63, 3.8) is 0 Å². The summed E-state index contributed by atoms with van der Waals surface area (Å²) in [4.78, 5) is 24.8. The molecule has 1 amide bonds. The van der Waals surface area contributed by atoms with Gasteiger partial charge in [-0.25, -0.2) is 13.2 Å². The van der Waals surface area contributed by atoms with Crippen molar-refractivity contribution in [2.45, 2.75) is 18.7 Å². The highest BCUT2D eigenvalue weighted by atomic mass is 32.2. The van der Waals surface area contributed by atoms with E-state index in [2.05, 4.69) is 5.32 Å². The summed E-state index contributed by atoms with van der Waals surface area (Å²) >= 11 is 0. The van der Waals surface area contributed by atoms with E-state index in [1.54, 1.807) is 19.9 Å². The number of sulfonamides is 1. The molecule has 1 aliphatic heterocycles. The Kier molecular flexibility index (Phi) is 7.77. The van der Waals surface area contributed by atoms with Crippen LogP contribution in [0.1, 0.15) is 24.2 Å². The second-order valence-corrected chi connectivity index (χ2v) is 8.88. The van der Waals surface area contributed by atoms with Crippen LogP contribution in [0.5, 0.6) is 17.2 Å². The molecule has 0 saturated heterocycles. The van der Waals surface area contributed by atoms with E-state index in [4.69, 9.17) is 18.9 Å². The maximum absolute atomic E-state index is 12.7. The van der Waals surface area contributed by atoms with Crippen molar-refractivity contribution in [2.75, 3.05) is 45.3 Å². The van der Waals surface area contributed by atoms with Crippen LogP contribution in [0.2, 0.25) is 0 Å². The number of methoxy groups -OCH3 is 1. The van der Waals surface area contributed by atoms with Crippen LogP contribution in [0.3, 0.4) is 0 Å². The summed E-state index contributed by atoms with van der Waals surface area (Å²) in [5.74, 6) is -0.306.